The Hall–Kier alpha value is -3.61. The van der Waals surface area contributed by atoms with E-state index in [1.54, 1.807) is 19.1 Å². The highest BCUT2D eigenvalue weighted by Gasteiger charge is 2.51. The van der Waals surface area contributed by atoms with Crippen LogP contribution in [0.2, 0.25) is 0 Å². The highest BCUT2D eigenvalue weighted by atomic mass is 16.3. The van der Waals surface area contributed by atoms with Crippen molar-refractivity contribution in [2.75, 3.05) is 13.1 Å². The topological polar surface area (TPSA) is 91.7 Å². The molecule has 7 heteroatoms. The minimum atomic E-state index is -1.34. The van der Waals surface area contributed by atoms with Crippen molar-refractivity contribution in [2.24, 2.45) is 0 Å². The fourth-order valence-corrected chi connectivity index (χ4v) is 3.76. The fraction of sp³-hybridized carbons (Fsp3) is 0.292. The molecule has 0 aliphatic carbocycles. The largest absolute Gasteiger partial charge is 0.458 e. The van der Waals surface area contributed by atoms with Crippen LogP contribution in [0.3, 0.4) is 0 Å². The number of carbonyl (C=O) groups excluding carboxylic acids is 3. The number of carbonyl (C=O) groups is 3. The van der Waals surface area contributed by atoms with Gasteiger partial charge in [0.2, 0.25) is 5.91 Å². The number of amides is 4. The first-order chi connectivity index (χ1) is 15.0. The summed E-state index contributed by atoms with van der Waals surface area (Å²) in [5.74, 6) is -0.524. The van der Waals surface area contributed by atoms with E-state index in [2.05, 4.69) is 22.8 Å². The first-order valence-electron chi connectivity index (χ1n) is 10.4. The van der Waals surface area contributed by atoms with Crippen molar-refractivity contribution in [1.29, 1.82) is 0 Å². The molecular weight excluding hydrogens is 394 g/mol. The molecule has 1 aromatic heterocycles. The molecule has 31 heavy (non-hydrogen) atoms. The van der Waals surface area contributed by atoms with Crippen LogP contribution in [-0.4, -0.2) is 35.8 Å². The van der Waals surface area contributed by atoms with E-state index in [1.165, 1.54) is 5.56 Å². The van der Waals surface area contributed by atoms with Crippen molar-refractivity contribution in [1.82, 2.24) is 15.5 Å². The molecule has 0 saturated carbocycles. The molecule has 2 aromatic carbocycles. The van der Waals surface area contributed by atoms with Gasteiger partial charge in [0.1, 0.15) is 17.9 Å². The van der Waals surface area contributed by atoms with Gasteiger partial charge in [-0.1, -0.05) is 48.5 Å². The normalized spacial score (nSPS) is 18.4. The van der Waals surface area contributed by atoms with Gasteiger partial charge < -0.3 is 15.1 Å². The van der Waals surface area contributed by atoms with E-state index < -0.39 is 17.5 Å². The van der Waals surface area contributed by atoms with Crippen LogP contribution >= 0.6 is 0 Å². The quantitative estimate of drug-likeness (QED) is 0.433. The standard InChI is InChI=1S/C24H25N3O4/c1-24(20-15-18-12-5-6-13-19(18)31-20)22(29)27(23(30)26-24)16-21(28)25-14-8-7-11-17-9-3-2-4-10-17/h2-6,9-10,12-13,15H,7-8,11,14,16H2,1H3,(H,25,28)(H,26,30)/t24-/m1/s1. The molecule has 1 saturated heterocycles. The molecule has 2 heterocycles. The third-order valence-electron chi connectivity index (χ3n) is 5.55. The van der Waals surface area contributed by atoms with Crippen molar-refractivity contribution in [2.45, 2.75) is 31.7 Å². The number of para-hydroxylation sites is 1. The molecule has 1 aliphatic heterocycles. The van der Waals surface area contributed by atoms with Crippen LogP contribution in [0, 0.1) is 0 Å². The van der Waals surface area contributed by atoms with Crippen molar-refractivity contribution in [3.8, 4) is 0 Å². The molecular formula is C24H25N3O4. The summed E-state index contributed by atoms with van der Waals surface area (Å²) in [6.07, 6.45) is 2.70. The van der Waals surface area contributed by atoms with Gasteiger partial charge in [0, 0.05) is 11.9 Å². The fourth-order valence-electron chi connectivity index (χ4n) is 3.76. The zero-order valence-electron chi connectivity index (χ0n) is 17.4. The van der Waals surface area contributed by atoms with Gasteiger partial charge >= 0.3 is 6.03 Å². The number of aryl methyl sites for hydroxylation is 1. The van der Waals surface area contributed by atoms with Crippen LogP contribution in [-0.2, 0) is 21.5 Å². The lowest BCUT2D eigenvalue weighted by atomic mass is 9.99. The van der Waals surface area contributed by atoms with Gasteiger partial charge in [0.25, 0.3) is 5.91 Å². The van der Waals surface area contributed by atoms with Gasteiger partial charge in [-0.05, 0) is 43.9 Å². The van der Waals surface area contributed by atoms with Crippen LogP contribution in [0.25, 0.3) is 11.0 Å². The second-order valence-electron chi connectivity index (χ2n) is 7.89. The molecule has 1 fully saturated rings. The molecule has 1 aliphatic rings. The lowest BCUT2D eigenvalue weighted by Gasteiger charge is -2.18. The van der Waals surface area contributed by atoms with Crippen LogP contribution < -0.4 is 10.6 Å². The summed E-state index contributed by atoms with van der Waals surface area (Å²) in [5, 5.41) is 6.30. The Morgan fingerprint density at radius 2 is 1.81 bits per heavy atom. The lowest BCUT2D eigenvalue weighted by molar-refractivity contribution is -0.135. The highest BCUT2D eigenvalue weighted by molar-refractivity contribution is 6.09. The molecule has 0 radical (unpaired) electrons. The minimum absolute atomic E-state index is 0.320. The number of fused-ring (bicyclic) bond motifs is 1. The minimum Gasteiger partial charge on any atom is -0.458 e. The van der Waals surface area contributed by atoms with Gasteiger partial charge in [-0.15, -0.1) is 0 Å². The van der Waals surface area contributed by atoms with E-state index in [-0.39, 0.29) is 12.5 Å². The van der Waals surface area contributed by atoms with Crippen LogP contribution in [0.15, 0.2) is 65.1 Å². The Kier molecular flexibility index (Phi) is 5.75. The molecule has 0 unspecified atom stereocenters. The second kappa shape index (κ2) is 8.63. The molecule has 160 valence electrons. The predicted molar refractivity (Wildman–Crippen MR) is 116 cm³/mol. The number of benzene rings is 2. The maximum Gasteiger partial charge on any atom is 0.325 e. The summed E-state index contributed by atoms with van der Waals surface area (Å²) in [6.45, 7) is 1.77. The third kappa shape index (κ3) is 4.30. The SMILES string of the molecule is C[C@]1(c2cc3ccccc3o2)NC(=O)N(CC(=O)NCCCCc2ccccc2)C1=O. The Bertz CT molecular complexity index is 1080. The summed E-state index contributed by atoms with van der Waals surface area (Å²) in [4.78, 5) is 38.7. The van der Waals surface area contributed by atoms with E-state index in [0.717, 1.165) is 29.5 Å². The molecule has 2 N–H and O–H groups in total. The summed E-state index contributed by atoms with van der Waals surface area (Å²) in [6, 6.07) is 18.7. The molecule has 4 amide bonds. The van der Waals surface area contributed by atoms with Gasteiger partial charge in [-0.3, -0.25) is 14.5 Å². The summed E-state index contributed by atoms with van der Waals surface area (Å²) in [7, 11) is 0. The number of unbranched alkanes of at least 4 members (excludes halogenated alkanes) is 1. The van der Waals surface area contributed by atoms with Gasteiger partial charge in [0.05, 0.1) is 0 Å². The van der Waals surface area contributed by atoms with Crippen molar-refractivity contribution < 1.29 is 18.8 Å². The van der Waals surface area contributed by atoms with E-state index >= 15 is 0 Å². The first-order valence-corrected chi connectivity index (χ1v) is 10.4. The zero-order chi connectivity index (χ0) is 21.8. The molecule has 1 atom stereocenters. The van der Waals surface area contributed by atoms with E-state index in [9.17, 15) is 14.4 Å². The molecule has 0 bridgehead atoms. The summed E-state index contributed by atoms with van der Waals surface area (Å²) < 4.78 is 5.79. The number of nitrogens with zero attached hydrogens (tertiary/aromatic N) is 1. The second-order valence-corrected chi connectivity index (χ2v) is 7.89. The number of furan rings is 1. The number of imide groups is 1. The number of nitrogens with one attached hydrogen (secondary N) is 2. The van der Waals surface area contributed by atoms with Crippen LogP contribution in [0.1, 0.15) is 31.1 Å². The number of hydrogen-bond acceptors (Lipinski definition) is 4. The Labute approximate surface area is 180 Å². The number of rotatable bonds is 8. The number of urea groups is 1. The number of hydrogen-bond donors (Lipinski definition) is 2. The summed E-state index contributed by atoms with van der Waals surface area (Å²) in [5.41, 5.74) is 0.553. The van der Waals surface area contributed by atoms with E-state index in [1.807, 2.05) is 36.4 Å². The summed E-state index contributed by atoms with van der Waals surface area (Å²) >= 11 is 0. The zero-order valence-corrected chi connectivity index (χ0v) is 17.4. The van der Waals surface area contributed by atoms with Crippen molar-refractivity contribution in [3.63, 3.8) is 0 Å². The molecule has 4 rings (SSSR count). The lowest BCUT2D eigenvalue weighted by Crippen LogP contribution is -2.43. The van der Waals surface area contributed by atoms with Crippen molar-refractivity contribution >= 4 is 28.8 Å². The maximum atomic E-state index is 13.0. The monoisotopic (exact) mass is 419 g/mol. The Morgan fingerprint density at radius 1 is 1.06 bits per heavy atom. The smallest absolute Gasteiger partial charge is 0.325 e. The first kappa shape index (κ1) is 20.7. The average Bonchev–Trinajstić information content (AvgIpc) is 3.30. The molecule has 0 spiro atoms. The van der Waals surface area contributed by atoms with E-state index in [4.69, 9.17) is 4.42 Å². The van der Waals surface area contributed by atoms with Gasteiger partial charge in [-0.25, -0.2) is 4.79 Å². The predicted octanol–water partition coefficient (Wildman–Crippen LogP) is 3.34. The van der Waals surface area contributed by atoms with Crippen LogP contribution in [0.4, 0.5) is 4.79 Å². The molecule has 7 nitrogen and oxygen atoms in total. The van der Waals surface area contributed by atoms with Crippen molar-refractivity contribution in [3.05, 3.63) is 72.0 Å². The third-order valence-corrected chi connectivity index (χ3v) is 5.55. The van der Waals surface area contributed by atoms with Crippen LogP contribution in [0.5, 0.6) is 0 Å². The maximum absolute atomic E-state index is 13.0. The average molecular weight is 419 g/mol. The Balaban J connectivity index is 1.30. The highest BCUT2D eigenvalue weighted by Crippen LogP contribution is 2.32. The van der Waals surface area contributed by atoms with Gasteiger partial charge in [0.15, 0.2) is 5.54 Å². The Morgan fingerprint density at radius 3 is 2.58 bits per heavy atom. The van der Waals surface area contributed by atoms with E-state index in [0.29, 0.717) is 17.9 Å². The van der Waals surface area contributed by atoms with Gasteiger partial charge in [-0.2, -0.15) is 0 Å². The molecule has 3 aromatic rings.